The SMILES string of the molecule is CC1=C(C)C(C)([PH2](C2CCCCC2)C2CCCCC2)c2ccccc21. The zero-order chi connectivity index (χ0) is 17.4. The summed E-state index contributed by atoms with van der Waals surface area (Å²) < 4.78 is 0. The van der Waals surface area contributed by atoms with E-state index in [-0.39, 0.29) is 0 Å². The fraction of sp³-hybridized carbons (Fsp3) is 0.667. The summed E-state index contributed by atoms with van der Waals surface area (Å²) in [5.41, 5.74) is 8.78. The maximum absolute atomic E-state index is 2.68. The molecule has 1 atom stereocenters. The van der Waals surface area contributed by atoms with Crippen LogP contribution in [-0.2, 0) is 5.16 Å². The number of rotatable bonds is 3. The van der Waals surface area contributed by atoms with Crippen molar-refractivity contribution in [2.24, 2.45) is 0 Å². The molecule has 0 saturated heterocycles. The van der Waals surface area contributed by atoms with Crippen LogP contribution >= 0.6 is 7.92 Å². The summed E-state index contributed by atoms with van der Waals surface area (Å²) in [6.07, 6.45) is 15.1. The fourth-order valence-electron chi connectivity index (χ4n) is 6.80. The molecule has 0 N–H and O–H groups in total. The van der Waals surface area contributed by atoms with Crippen molar-refractivity contribution in [2.75, 3.05) is 0 Å². The molecule has 0 spiro atoms. The van der Waals surface area contributed by atoms with E-state index in [1.165, 1.54) is 64.2 Å². The van der Waals surface area contributed by atoms with Crippen molar-refractivity contribution in [3.05, 3.63) is 41.0 Å². The van der Waals surface area contributed by atoms with Crippen LogP contribution in [0, 0.1) is 0 Å². The van der Waals surface area contributed by atoms with Gasteiger partial charge in [0.15, 0.2) is 0 Å². The summed E-state index contributed by atoms with van der Waals surface area (Å²) >= 11 is 0. The van der Waals surface area contributed by atoms with Crippen molar-refractivity contribution in [3.8, 4) is 0 Å². The quantitative estimate of drug-likeness (QED) is 0.498. The van der Waals surface area contributed by atoms with E-state index >= 15 is 0 Å². The van der Waals surface area contributed by atoms with Crippen molar-refractivity contribution >= 4 is 13.5 Å². The second-order valence-electron chi connectivity index (χ2n) is 9.32. The van der Waals surface area contributed by atoms with E-state index in [0.717, 1.165) is 11.3 Å². The third-order valence-electron chi connectivity index (χ3n) is 8.21. The van der Waals surface area contributed by atoms with Crippen molar-refractivity contribution in [1.82, 2.24) is 0 Å². The molecular formula is C24H37P. The number of hydrogen-bond acceptors (Lipinski definition) is 0. The molecule has 0 amide bonds. The predicted octanol–water partition coefficient (Wildman–Crippen LogP) is 7.32. The molecule has 0 bridgehead atoms. The van der Waals surface area contributed by atoms with Crippen molar-refractivity contribution in [1.29, 1.82) is 0 Å². The minimum absolute atomic E-state index is 0.407. The van der Waals surface area contributed by atoms with Gasteiger partial charge in [0.25, 0.3) is 0 Å². The van der Waals surface area contributed by atoms with E-state index in [1.54, 1.807) is 22.3 Å². The Morgan fingerprint density at radius 2 is 1.32 bits per heavy atom. The second-order valence-corrected chi connectivity index (χ2v) is 13.4. The van der Waals surface area contributed by atoms with Gasteiger partial charge >= 0.3 is 156 Å². The molecule has 0 nitrogen and oxygen atoms in total. The molecule has 0 aliphatic heterocycles. The van der Waals surface area contributed by atoms with Gasteiger partial charge in [-0.3, -0.25) is 0 Å². The monoisotopic (exact) mass is 356 g/mol. The van der Waals surface area contributed by atoms with E-state index in [1.807, 2.05) is 0 Å². The maximum atomic E-state index is 2.68. The number of fused-ring (bicyclic) bond motifs is 1. The van der Waals surface area contributed by atoms with Gasteiger partial charge in [-0.2, -0.15) is 0 Å². The topological polar surface area (TPSA) is 0 Å². The van der Waals surface area contributed by atoms with E-state index in [0.29, 0.717) is 5.16 Å². The summed E-state index contributed by atoms with van der Waals surface area (Å²) in [4.78, 5) is 0. The van der Waals surface area contributed by atoms with Crippen LogP contribution < -0.4 is 0 Å². The Hall–Kier alpha value is -0.610. The molecule has 0 radical (unpaired) electrons. The van der Waals surface area contributed by atoms with Gasteiger partial charge in [0, 0.05) is 0 Å². The number of benzene rings is 1. The fourth-order valence-corrected chi connectivity index (χ4v) is 13.2. The third-order valence-corrected chi connectivity index (χ3v) is 13.7. The van der Waals surface area contributed by atoms with Gasteiger partial charge in [-0.25, -0.2) is 0 Å². The summed E-state index contributed by atoms with van der Waals surface area (Å²) in [7, 11) is -0.955. The molecule has 0 aromatic heterocycles. The third kappa shape index (κ3) is 2.93. The average Bonchev–Trinajstić information content (AvgIpc) is 2.86. The Balaban J connectivity index is 1.80. The Morgan fingerprint density at radius 3 is 1.88 bits per heavy atom. The second kappa shape index (κ2) is 7.19. The molecule has 1 aromatic carbocycles. The summed E-state index contributed by atoms with van der Waals surface area (Å²) in [6, 6.07) is 9.43. The van der Waals surface area contributed by atoms with Crippen LogP contribution in [0.1, 0.15) is 96.1 Å². The predicted molar refractivity (Wildman–Crippen MR) is 116 cm³/mol. The molecule has 138 valence electrons. The Kier molecular flexibility index (Phi) is 5.11. The summed E-state index contributed by atoms with van der Waals surface area (Å²) in [6.45, 7) is 7.56. The first-order valence-electron chi connectivity index (χ1n) is 10.9. The first kappa shape index (κ1) is 17.8. The summed E-state index contributed by atoms with van der Waals surface area (Å²) in [5, 5.41) is 0.407. The van der Waals surface area contributed by atoms with Crippen molar-refractivity contribution in [2.45, 2.75) is 101 Å². The normalized spacial score (nSPS) is 29.0. The van der Waals surface area contributed by atoms with E-state index in [2.05, 4.69) is 45.0 Å². The average molecular weight is 357 g/mol. The van der Waals surface area contributed by atoms with Crippen LogP contribution in [0.2, 0.25) is 0 Å². The van der Waals surface area contributed by atoms with E-state index in [4.69, 9.17) is 0 Å². The van der Waals surface area contributed by atoms with Crippen LogP contribution in [0.5, 0.6) is 0 Å². The van der Waals surface area contributed by atoms with Gasteiger partial charge in [-0.05, 0) is 0 Å². The van der Waals surface area contributed by atoms with Gasteiger partial charge < -0.3 is 0 Å². The van der Waals surface area contributed by atoms with Crippen LogP contribution in [0.25, 0.3) is 5.57 Å². The Labute approximate surface area is 156 Å². The molecule has 3 aliphatic carbocycles. The summed E-state index contributed by atoms with van der Waals surface area (Å²) in [5.74, 6) is 0. The zero-order valence-corrected chi connectivity index (χ0v) is 17.8. The van der Waals surface area contributed by atoms with Crippen molar-refractivity contribution in [3.63, 3.8) is 0 Å². The van der Waals surface area contributed by atoms with Crippen LogP contribution in [0.4, 0.5) is 0 Å². The molecule has 1 unspecified atom stereocenters. The molecule has 3 aliphatic rings. The molecule has 1 aromatic rings. The van der Waals surface area contributed by atoms with Gasteiger partial charge in [-0.1, -0.05) is 0 Å². The van der Waals surface area contributed by atoms with Gasteiger partial charge in [0.2, 0.25) is 0 Å². The van der Waals surface area contributed by atoms with Crippen LogP contribution in [0.3, 0.4) is 0 Å². The molecule has 0 heterocycles. The van der Waals surface area contributed by atoms with E-state index < -0.39 is 7.92 Å². The molecule has 25 heavy (non-hydrogen) atoms. The van der Waals surface area contributed by atoms with Gasteiger partial charge in [0.05, 0.1) is 0 Å². The van der Waals surface area contributed by atoms with Crippen LogP contribution in [-0.4, -0.2) is 11.3 Å². The molecule has 4 rings (SSSR count). The molecule has 1 heteroatoms. The Morgan fingerprint density at radius 1 is 0.800 bits per heavy atom. The first-order valence-corrected chi connectivity index (χ1v) is 12.8. The number of allylic oxidation sites excluding steroid dienone is 2. The van der Waals surface area contributed by atoms with Gasteiger partial charge in [-0.15, -0.1) is 0 Å². The minimum atomic E-state index is -0.955. The first-order chi connectivity index (χ1) is 12.1. The Bertz CT molecular complexity index is 628. The molecular weight excluding hydrogens is 319 g/mol. The van der Waals surface area contributed by atoms with Crippen LogP contribution in [0.15, 0.2) is 29.8 Å². The standard InChI is InChI=1S/C24H37P/c1-18-19(2)24(3,23-17-11-10-16-22(18)23)25(20-12-6-4-7-13-20)21-14-8-5-9-15-21/h10-11,16-17,20-21H,4-9,12-15,25H2,1-3H3. The van der Waals surface area contributed by atoms with Crippen molar-refractivity contribution < 1.29 is 0 Å². The molecule has 2 fully saturated rings. The van der Waals surface area contributed by atoms with E-state index in [9.17, 15) is 0 Å². The molecule has 2 saturated carbocycles. The van der Waals surface area contributed by atoms with Gasteiger partial charge in [0.1, 0.15) is 0 Å². The number of hydrogen-bond donors (Lipinski definition) is 0. The zero-order valence-electron chi connectivity index (χ0n) is 16.6.